The van der Waals surface area contributed by atoms with E-state index in [0.717, 1.165) is 49.8 Å². The predicted octanol–water partition coefficient (Wildman–Crippen LogP) is 3.31. The van der Waals surface area contributed by atoms with Crippen molar-refractivity contribution >= 4 is 5.69 Å². The lowest BCUT2D eigenvalue weighted by Gasteiger charge is -2.34. The summed E-state index contributed by atoms with van der Waals surface area (Å²) in [7, 11) is 5.54. The van der Waals surface area contributed by atoms with Crippen LogP contribution >= 0.6 is 0 Å². The standard InChI is InChI=1S/C22H31N3O2/c1-17(23-16-18-13-21(26-3)15-22(14-18)27-4)19-5-7-20(8-6-19)25-11-9-24(2)10-12-25/h5-8,13-15,17,23H,9-12,16H2,1-4H3/t17-/m1/s1. The van der Waals surface area contributed by atoms with Gasteiger partial charge in [0.1, 0.15) is 11.5 Å². The number of nitrogens with one attached hydrogen (secondary N) is 1. The lowest BCUT2D eigenvalue weighted by Crippen LogP contribution is -2.44. The molecule has 1 aliphatic heterocycles. The largest absolute Gasteiger partial charge is 0.497 e. The van der Waals surface area contributed by atoms with Crippen molar-refractivity contribution in [3.8, 4) is 11.5 Å². The molecular weight excluding hydrogens is 338 g/mol. The van der Waals surface area contributed by atoms with Crippen molar-refractivity contribution < 1.29 is 9.47 Å². The Balaban J connectivity index is 1.59. The quantitative estimate of drug-likeness (QED) is 0.810. The number of piperazine rings is 1. The van der Waals surface area contributed by atoms with Crippen LogP contribution < -0.4 is 19.7 Å². The Hall–Kier alpha value is -2.24. The van der Waals surface area contributed by atoms with E-state index in [1.807, 2.05) is 18.2 Å². The summed E-state index contributed by atoms with van der Waals surface area (Å²) >= 11 is 0. The molecule has 0 unspecified atom stereocenters. The summed E-state index contributed by atoms with van der Waals surface area (Å²) < 4.78 is 10.7. The molecule has 0 amide bonds. The second-order valence-electron chi connectivity index (χ2n) is 7.21. The van der Waals surface area contributed by atoms with Gasteiger partial charge >= 0.3 is 0 Å². The number of ether oxygens (including phenoxy) is 2. The van der Waals surface area contributed by atoms with Gasteiger partial charge in [-0.25, -0.2) is 0 Å². The molecule has 1 saturated heterocycles. The molecule has 0 aliphatic carbocycles. The van der Waals surface area contributed by atoms with E-state index in [1.54, 1.807) is 14.2 Å². The topological polar surface area (TPSA) is 37.0 Å². The summed E-state index contributed by atoms with van der Waals surface area (Å²) in [6, 6.07) is 15.2. The lowest BCUT2D eigenvalue weighted by atomic mass is 10.1. The molecular formula is C22H31N3O2. The first-order valence-corrected chi connectivity index (χ1v) is 9.58. The Morgan fingerprint density at radius 3 is 2.07 bits per heavy atom. The van der Waals surface area contributed by atoms with Gasteiger partial charge in [0.15, 0.2) is 0 Å². The number of hydrogen-bond acceptors (Lipinski definition) is 5. The van der Waals surface area contributed by atoms with Crippen LogP contribution in [0.25, 0.3) is 0 Å². The molecule has 27 heavy (non-hydrogen) atoms. The fourth-order valence-electron chi connectivity index (χ4n) is 3.40. The molecule has 0 saturated carbocycles. The van der Waals surface area contributed by atoms with Gasteiger partial charge < -0.3 is 24.6 Å². The molecule has 3 rings (SSSR count). The van der Waals surface area contributed by atoms with Crippen molar-refractivity contribution in [2.45, 2.75) is 19.5 Å². The Labute approximate surface area is 162 Å². The molecule has 1 atom stereocenters. The van der Waals surface area contributed by atoms with Gasteiger partial charge in [0.05, 0.1) is 14.2 Å². The van der Waals surface area contributed by atoms with Crippen molar-refractivity contribution in [1.29, 1.82) is 0 Å². The van der Waals surface area contributed by atoms with Gasteiger partial charge in [-0.2, -0.15) is 0 Å². The monoisotopic (exact) mass is 369 g/mol. The van der Waals surface area contributed by atoms with Gasteiger partial charge in [-0.15, -0.1) is 0 Å². The highest BCUT2D eigenvalue weighted by Crippen LogP contribution is 2.24. The molecule has 0 bridgehead atoms. The zero-order chi connectivity index (χ0) is 19.2. The van der Waals surface area contributed by atoms with Crippen LogP contribution in [0.1, 0.15) is 24.1 Å². The van der Waals surface area contributed by atoms with Gasteiger partial charge in [-0.05, 0) is 49.4 Å². The van der Waals surface area contributed by atoms with Gasteiger partial charge in [-0.3, -0.25) is 0 Å². The highest BCUT2D eigenvalue weighted by atomic mass is 16.5. The SMILES string of the molecule is COc1cc(CN[C@H](C)c2ccc(N3CCN(C)CC3)cc2)cc(OC)c1. The molecule has 1 heterocycles. The summed E-state index contributed by atoms with van der Waals surface area (Å²) in [5, 5.41) is 3.59. The van der Waals surface area contributed by atoms with Crippen LogP contribution in [0.5, 0.6) is 11.5 Å². The van der Waals surface area contributed by atoms with E-state index >= 15 is 0 Å². The minimum atomic E-state index is 0.267. The summed E-state index contributed by atoms with van der Waals surface area (Å²) in [6.07, 6.45) is 0. The van der Waals surface area contributed by atoms with Gasteiger partial charge in [0.25, 0.3) is 0 Å². The summed E-state index contributed by atoms with van der Waals surface area (Å²) in [6.45, 7) is 7.41. The molecule has 5 heteroatoms. The third-order valence-corrected chi connectivity index (χ3v) is 5.29. The Morgan fingerprint density at radius 2 is 1.52 bits per heavy atom. The molecule has 2 aromatic rings. The normalized spacial score (nSPS) is 16.2. The van der Waals surface area contributed by atoms with E-state index in [0.29, 0.717) is 0 Å². The van der Waals surface area contributed by atoms with Crippen LogP contribution in [-0.4, -0.2) is 52.3 Å². The first-order chi connectivity index (χ1) is 13.1. The molecule has 1 N–H and O–H groups in total. The molecule has 2 aromatic carbocycles. The van der Waals surface area contributed by atoms with Crippen molar-refractivity contribution in [3.63, 3.8) is 0 Å². The average molecular weight is 370 g/mol. The van der Waals surface area contributed by atoms with Crippen LogP contribution in [0, 0.1) is 0 Å². The molecule has 1 aliphatic rings. The number of anilines is 1. The lowest BCUT2D eigenvalue weighted by molar-refractivity contribution is 0.313. The molecule has 0 aromatic heterocycles. The third-order valence-electron chi connectivity index (χ3n) is 5.29. The number of methoxy groups -OCH3 is 2. The Kier molecular flexibility index (Phi) is 6.58. The smallest absolute Gasteiger partial charge is 0.122 e. The van der Waals surface area contributed by atoms with Crippen molar-refractivity contribution in [1.82, 2.24) is 10.2 Å². The van der Waals surface area contributed by atoms with Crippen LogP contribution in [-0.2, 0) is 6.54 Å². The number of nitrogens with zero attached hydrogens (tertiary/aromatic N) is 2. The van der Waals surface area contributed by atoms with E-state index in [4.69, 9.17) is 9.47 Å². The molecule has 0 radical (unpaired) electrons. The minimum absolute atomic E-state index is 0.267. The first kappa shape index (κ1) is 19.5. The van der Waals surface area contributed by atoms with Gasteiger partial charge in [-0.1, -0.05) is 12.1 Å². The Morgan fingerprint density at radius 1 is 0.926 bits per heavy atom. The van der Waals surface area contributed by atoms with Crippen molar-refractivity contribution in [2.75, 3.05) is 52.3 Å². The van der Waals surface area contributed by atoms with E-state index in [1.165, 1.54) is 11.3 Å². The van der Waals surface area contributed by atoms with Gasteiger partial charge in [0.2, 0.25) is 0 Å². The maximum absolute atomic E-state index is 5.35. The summed E-state index contributed by atoms with van der Waals surface area (Å²) in [5.41, 5.74) is 3.76. The van der Waals surface area contributed by atoms with Crippen molar-refractivity contribution in [3.05, 3.63) is 53.6 Å². The third kappa shape index (κ3) is 5.15. The van der Waals surface area contributed by atoms with E-state index < -0.39 is 0 Å². The maximum Gasteiger partial charge on any atom is 0.122 e. The minimum Gasteiger partial charge on any atom is -0.497 e. The fraction of sp³-hybridized carbons (Fsp3) is 0.455. The zero-order valence-electron chi connectivity index (χ0n) is 16.9. The van der Waals surface area contributed by atoms with E-state index in [-0.39, 0.29) is 6.04 Å². The molecule has 146 valence electrons. The second kappa shape index (κ2) is 9.11. The Bertz CT molecular complexity index is 703. The van der Waals surface area contributed by atoms with Crippen molar-refractivity contribution in [2.24, 2.45) is 0 Å². The van der Waals surface area contributed by atoms with Crippen LogP contribution in [0.2, 0.25) is 0 Å². The van der Waals surface area contributed by atoms with Crippen LogP contribution in [0.15, 0.2) is 42.5 Å². The van der Waals surface area contributed by atoms with Gasteiger partial charge in [0, 0.05) is 50.5 Å². The van der Waals surface area contributed by atoms with Crippen LogP contribution in [0.3, 0.4) is 0 Å². The maximum atomic E-state index is 5.35. The number of hydrogen-bond donors (Lipinski definition) is 1. The number of likely N-dealkylation sites (N-methyl/N-ethyl adjacent to an activating group) is 1. The zero-order valence-corrected chi connectivity index (χ0v) is 16.9. The van der Waals surface area contributed by atoms with E-state index in [9.17, 15) is 0 Å². The molecule has 0 spiro atoms. The average Bonchev–Trinajstić information content (AvgIpc) is 2.72. The predicted molar refractivity (Wildman–Crippen MR) is 111 cm³/mol. The number of benzene rings is 2. The summed E-state index contributed by atoms with van der Waals surface area (Å²) in [4.78, 5) is 4.84. The second-order valence-corrected chi connectivity index (χ2v) is 7.21. The first-order valence-electron chi connectivity index (χ1n) is 9.58. The summed E-state index contributed by atoms with van der Waals surface area (Å²) in [5.74, 6) is 1.63. The highest BCUT2D eigenvalue weighted by Gasteiger charge is 2.14. The van der Waals surface area contributed by atoms with Crippen LogP contribution in [0.4, 0.5) is 5.69 Å². The fourth-order valence-corrected chi connectivity index (χ4v) is 3.40. The molecule has 1 fully saturated rings. The highest BCUT2D eigenvalue weighted by molar-refractivity contribution is 5.48. The van der Waals surface area contributed by atoms with E-state index in [2.05, 4.69) is 53.4 Å². The number of rotatable bonds is 7. The molecule has 5 nitrogen and oxygen atoms in total.